The molecule has 2 unspecified atom stereocenters. The van der Waals surface area contributed by atoms with Gasteiger partial charge in [-0.3, -0.25) is 15.0 Å². The Labute approximate surface area is 181 Å². The molecule has 2 atom stereocenters. The summed E-state index contributed by atoms with van der Waals surface area (Å²) in [6.45, 7) is 0.965. The molecular formula is C23H27ClN4O2. The number of benzene rings is 2. The Balaban J connectivity index is 1.34. The number of halogens is 1. The number of anilines is 1. The van der Waals surface area contributed by atoms with E-state index in [0.717, 1.165) is 42.5 Å². The number of nitrogens with one attached hydrogen (secondary N) is 4. The Morgan fingerprint density at radius 1 is 1.03 bits per heavy atom. The maximum atomic E-state index is 12.8. The Morgan fingerprint density at radius 3 is 2.57 bits per heavy atom. The number of hydrazine groups is 1. The molecule has 1 aliphatic heterocycles. The van der Waals surface area contributed by atoms with Crippen LogP contribution >= 0.6 is 11.6 Å². The molecule has 158 valence electrons. The summed E-state index contributed by atoms with van der Waals surface area (Å²) in [5.41, 5.74) is 9.01. The van der Waals surface area contributed by atoms with Gasteiger partial charge in [-0.2, -0.15) is 0 Å². The number of hydrogen-bond donors (Lipinski definition) is 4. The lowest BCUT2D eigenvalue weighted by Gasteiger charge is -2.19. The first-order valence-electron chi connectivity index (χ1n) is 10.5. The van der Waals surface area contributed by atoms with Crippen LogP contribution < -0.4 is 21.5 Å². The van der Waals surface area contributed by atoms with Crippen LogP contribution in [0.25, 0.3) is 0 Å². The van der Waals surface area contributed by atoms with Crippen molar-refractivity contribution < 1.29 is 9.59 Å². The molecule has 30 heavy (non-hydrogen) atoms. The number of hydrogen-bond acceptors (Lipinski definition) is 4. The second kappa shape index (κ2) is 9.60. The number of rotatable bonds is 6. The van der Waals surface area contributed by atoms with Gasteiger partial charge in [-0.25, -0.2) is 5.43 Å². The molecular weight excluding hydrogens is 400 g/mol. The molecule has 1 heterocycles. The van der Waals surface area contributed by atoms with Crippen LogP contribution in [-0.2, 0) is 16.1 Å². The van der Waals surface area contributed by atoms with Crippen LogP contribution in [0.15, 0.2) is 48.5 Å². The molecule has 7 heteroatoms. The Kier molecular flexibility index (Phi) is 6.67. The Hall–Kier alpha value is -2.41. The maximum absolute atomic E-state index is 12.8. The first-order chi connectivity index (χ1) is 14.6. The van der Waals surface area contributed by atoms with E-state index in [-0.39, 0.29) is 29.7 Å². The zero-order chi connectivity index (χ0) is 20.9. The molecule has 2 aliphatic rings. The highest BCUT2D eigenvalue weighted by Crippen LogP contribution is 2.27. The van der Waals surface area contributed by atoms with Crippen molar-refractivity contribution in [1.29, 1.82) is 0 Å². The third-order valence-corrected chi connectivity index (χ3v) is 6.19. The standard InChI is InChI=1S/C23H27ClN4O2/c24-18-10-8-16(9-11-18)21-20(14-26-28-21)23(30)25-13-15-4-3-7-19(12-15)27-22(29)17-5-1-2-6-17/h3-4,7-12,17,20-21,26,28H,1-2,5-6,13-14H2,(H,25,30)(H,27,29). The van der Waals surface area contributed by atoms with E-state index in [1.54, 1.807) is 0 Å². The average molecular weight is 427 g/mol. The zero-order valence-electron chi connectivity index (χ0n) is 16.8. The zero-order valence-corrected chi connectivity index (χ0v) is 17.5. The van der Waals surface area contributed by atoms with Crippen LogP contribution in [-0.4, -0.2) is 18.4 Å². The fourth-order valence-electron chi connectivity index (χ4n) is 4.24. The quantitative estimate of drug-likeness (QED) is 0.569. The Bertz CT molecular complexity index is 896. The van der Waals surface area contributed by atoms with E-state index in [4.69, 9.17) is 11.6 Å². The van der Waals surface area contributed by atoms with Gasteiger partial charge >= 0.3 is 0 Å². The highest BCUT2D eigenvalue weighted by Gasteiger charge is 2.33. The molecule has 0 bridgehead atoms. The smallest absolute Gasteiger partial charge is 0.227 e. The van der Waals surface area contributed by atoms with Crippen molar-refractivity contribution in [2.45, 2.75) is 38.3 Å². The largest absolute Gasteiger partial charge is 0.352 e. The fraction of sp³-hybridized carbons (Fsp3) is 0.391. The lowest BCUT2D eigenvalue weighted by molar-refractivity contribution is -0.125. The van der Waals surface area contributed by atoms with Gasteiger partial charge in [0.1, 0.15) is 0 Å². The van der Waals surface area contributed by atoms with E-state index in [9.17, 15) is 9.59 Å². The van der Waals surface area contributed by atoms with Crippen molar-refractivity contribution in [3.63, 3.8) is 0 Å². The van der Waals surface area contributed by atoms with E-state index in [0.29, 0.717) is 18.1 Å². The predicted octanol–water partition coefficient (Wildman–Crippen LogP) is 3.55. The van der Waals surface area contributed by atoms with Crippen molar-refractivity contribution in [1.82, 2.24) is 16.2 Å². The van der Waals surface area contributed by atoms with Crippen LogP contribution in [0.2, 0.25) is 5.02 Å². The van der Waals surface area contributed by atoms with E-state index < -0.39 is 0 Å². The third-order valence-electron chi connectivity index (χ3n) is 5.94. The van der Waals surface area contributed by atoms with Crippen LogP contribution in [0.5, 0.6) is 0 Å². The van der Waals surface area contributed by atoms with Gasteiger partial charge in [0.2, 0.25) is 11.8 Å². The van der Waals surface area contributed by atoms with Crippen molar-refractivity contribution in [2.75, 3.05) is 11.9 Å². The van der Waals surface area contributed by atoms with Crippen molar-refractivity contribution in [3.8, 4) is 0 Å². The first-order valence-corrected chi connectivity index (χ1v) is 10.9. The molecule has 0 spiro atoms. The molecule has 2 fully saturated rings. The number of carbonyl (C=O) groups is 2. The van der Waals surface area contributed by atoms with Gasteiger partial charge in [0.05, 0.1) is 12.0 Å². The Morgan fingerprint density at radius 2 is 1.80 bits per heavy atom. The molecule has 1 saturated carbocycles. The van der Waals surface area contributed by atoms with Crippen LogP contribution in [0.1, 0.15) is 42.9 Å². The van der Waals surface area contributed by atoms with Crippen molar-refractivity contribution in [3.05, 3.63) is 64.7 Å². The van der Waals surface area contributed by atoms with Gasteiger partial charge in [-0.1, -0.05) is 48.7 Å². The minimum Gasteiger partial charge on any atom is -0.352 e. The van der Waals surface area contributed by atoms with E-state index >= 15 is 0 Å². The SMILES string of the molecule is O=C(Nc1cccc(CNC(=O)C2CNNC2c2ccc(Cl)cc2)c1)C1CCCC1. The summed E-state index contributed by atoms with van der Waals surface area (Å²) in [6, 6.07) is 15.1. The molecule has 2 amide bonds. The third kappa shape index (κ3) is 5.01. The van der Waals surface area contributed by atoms with Gasteiger partial charge in [0.25, 0.3) is 0 Å². The van der Waals surface area contributed by atoms with E-state index in [2.05, 4.69) is 21.5 Å². The summed E-state index contributed by atoms with van der Waals surface area (Å²) in [7, 11) is 0. The molecule has 1 saturated heterocycles. The second-order valence-electron chi connectivity index (χ2n) is 8.05. The highest BCUT2D eigenvalue weighted by atomic mass is 35.5. The van der Waals surface area contributed by atoms with Crippen molar-refractivity contribution in [2.24, 2.45) is 11.8 Å². The lowest BCUT2D eigenvalue weighted by atomic mass is 9.94. The van der Waals surface area contributed by atoms with E-state index in [1.807, 2.05) is 48.5 Å². The van der Waals surface area contributed by atoms with Gasteiger partial charge in [0.15, 0.2) is 0 Å². The summed E-state index contributed by atoms with van der Waals surface area (Å²) in [6.07, 6.45) is 4.21. The van der Waals surface area contributed by atoms with E-state index in [1.165, 1.54) is 0 Å². The maximum Gasteiger partial charge on any atom is 0.227 e. The fourth-order valence-corrected chi connectivity index (χ4v) is 4.36. The molecule has 0 radical (unpaired) electrons. The molecule has 1 aliphatic carbocycles. The molecule has 0 aromatic heterocycles. The lowest BCUT2D eigenvalue weighted by Crippen LogP contribution is -2.34. The summed E-state index contributed by atoms with van der Waals surface area (Å²) in [5.74, 6) is -0.0209. The summed E-state index contributed by atoms with van der Waals surface area (Å²) < 4.78 is 0. The van der Waals surface area contributed by atoms with Gasteiger partial charge in [-0.05, 0) is 48.2 Å². The predicted molar refractivity (Wildman–Crippen MR) is 118 cm³/mol. The molecule has 2 aromatic carbocycles. The second-order valence-corrected chi connectivity index (χ2v) is 8.49. The van der Waals surface area contributed by atoms with Gasteiger partial charge in [-0.15, -0.1) is 0 Å². The highest BCUT2D eigenvalue weighted by molar-refractivity contribution is 6.30. The molecule has 4 N–H and O–H groups in total. The van der Waals surface area contributed by atoms with Crippen molar-refractivity contribution >= 4 is 29.1 Å². The molecule has 2 aromatic rings. The summed E-state index contributed by atoms with van der Waals surface area (Å²) in [5, 5.41) is 6.72. The topological polar surface area (TPSA) is 82.3 Å². The minimum atomic E-state index is -0.226. The van der Waals surface area contributed by atoms with Gasteiger partial charge in [0, 0.05) is 29.7 Å². The first kappa shape index (κ1) is 20.8. The molecule has 4 rings (SSSR count). The summed E-state index contributed by atoms with van der Waals surface area (Å²) in [4.78, 5) is 25.2. The summed E-state index contributed by atoms with van der Waals surface area (Å²) >= 11 is 5.97. The number of carbonyl (C=O) groups excluding carboxylic acids is 2. The number of amides is 2. The van der Waals surface area contributed by atoms with Crippen LogP contribution in [0.3, 0.4) is 0 Å². The van der Waals surface area contributed by atoms with Crippen LogP contribution in [0, 0.1) is 11.8 Å². The monoisotopic (exact) mass is 426 g/mol. The molecule has 6 nitrogen and oxygen atoms in total. The normalized spacial score (nSPS) is 21.5. The minimum absolute atomic E-state index is 0.0205. The van der Waals surface area contributed by atoms with Crippen LogP contribution in [0.4, 0.5) is 5.69 Å². The average Bonchev–Trinajstić information content (AvgIpc) is 3.45. The van der Waals surface area contributed by atoms with Gasteiger partial charge < -0.3 is 10.6 Å².